The van der Waals surface area contributed by atoms with E-state index in [9.17, 15) is 13.9 Å². The van der Waals surface area contributed by atoms with E-state index < -0.39 is 11.5 Å². The van der Waals surface area contributed by atoms with Crippen LogP contribution >= 0.6 is 0 Å². The predicted molar refractivity (Wildman–Crippen MR) is 57.0 cm³/mol. The lowest BCUT2D eigenvalue weighted by Crippen LogP contribution is -2.34. The Hall–Kier alpha value is -0.440. The Bertz CT molecular complexity index is 253. The van der Waals surface area contributed by atoms with Gasteiger partial charge in [0.2, 0.25) is 0 Å². The van der Waals surface area contributed by atoms with Gasteiger partial charge in [0, 0.05) is 6.42 Å². The van der Waals surface area contributed by atoms with Gasteiger partial charge < -0.3 is 5.11 Å². The zero-order valence-electron chi connectivity index (χ0n) is 9.69. The molecule has 0 fully saturated rings. The van der Waals surface area contributed by atoms with Crippen molar-refractivity contribution in [1.29, 1.82) is 0 Å². The highest BCUT2D eigenvalue weighted by molar-refractivity contribution is 5.11. The van der Waals surface area contributed by atoms with E-state index in [2.05, 4.69) is 20.8 Å². The number of hydrogen-bond acceptors (Lipinski definition) is 1. The third-order valence-corrected chi connectivity index (χ3v) is 2.84. The van der Waals surface area contributed by atoms with E-state index in [1.807, 2.05) is 0 Å². The lowest BCUT2D eigenvalue weighted by Gasteiger charge is -2.33. The van der Waals surface area contributed by atoms with Gasteiger partial charge in [-0.2, -0.15) is 0 Å². The molecule has 0 amide bonds. The molecule has 0 heterocycles. The largest absolute Gasteiger partial charge is 0.386 e. The van der Waals surface area contributed by atoms with Crippen molar-refractivity contribution >= 4 is 0 Å². The van der Waals surface area contributed by atoms with Gasteiger partial charge in [0.05, 0.1) is 5.60 Å². The fraction of sp³-hybridized carbons (Fsp3) is 0.833. The molecule has 0 radical (unpaired) electrons. The van der Waals surface area contributed by atoms with Crippen LogP contribution in [-0.4, -0.2) is 16.6 Å². The van der Waals surface area contributed by atoms with Crippen molar-refractivity contribution in [2.75, 3.05) is 0 Å². The summed E-state index contributed by atoms with van der Waals surface area (Å²) in [6.45, 7) is 6.24. The van der Waals surface area contributed by atoms with Crippen molar-refractivity contribution < 1.29 is 13.9 Å². The highest BCUT2D eigenvalue weighted by Gasteiger charge is 2.37. The topological polar surface area (TPSA) is 20.2 Å². The van der Waals surface area contributed by atoms with Crippen molar-refractivity contribution in [3.05, 3.63) is 12.2 Å². The summed E-state index contributed by atoms with van der Waals surface area (Å²) in [6, 6.07) is 0. The van der Waals surface area contributed by atoms with Gasteiger partial charge in [-0.15, -0.1) is 0 Å². The third kappa shape index (κ3) is 4.29. The highest BCUT2D eigenvalue weighted by atomic mass is 19.3. The van der Waals surface area contributed by atoms with Gasteiger partial charge in [-0.05, 0) is 30.8 Å². The second-order valence-corrected chi connectivity index (χ2v) is 5.76. The third-order valence-electron chi connectivity index (χ3n) is 2.84. The van der Waals surface area contributed by atoms with E-state index >= 15 is 0 Å². The number of halogens is 2. The first-order valence-corrected chi connectivity index (χ1v) is 5.43. The van der Waals surface area contributed by atoms with Gasteiger partial charge in [-0.1, -0.05) is 26.8 Å². The van der Waals surface area contributed by atoms with E-state index in [0.717, 1.165) is 12.5 Å². The number of hydrogen-bond donors (Lipinski definition) is 1. The molecule has 15 heavy (non-hydrogen) atoms. The molecule has 1 nitrogen and oxygen atoms in total. The van der Waals surface area contributed by atoms with Crippen LogP contribution in [0.5, 0.6) is 0 Å². The maximum Gasteiger partial charge on any atom is 0.266 e. The molecule has 1 N–H and O–H groups in total. The lowest BCUT2D eigenvalue weighted by atomic mass is 9.80. The number of allylic oxidation sites excluding steroid dienone is 1. The molecular weight excluding hydrogens is 198 g/mol. The van der Waals surface area contributed by atoms with Gasteiger partial charge >= 0.3 is 0 Å². The van der Waals surface area contributed by atoms with Gasteiger partial charge in [-0.3, -0.25) is 0 Å². The van der Waals surface area contributed by atoms with Crippen LogP contribution in [0.3, 0.4) is 0 Å². The molecular formula is C12H20F2O. The maximum absolute atomic E-state index is 12.8. The summed E-state index contributed by atoms with van der Waals surface area (Å²) >= 11 is 0. The van der Waals surface area contributed by atoms with Crippen molar-refractivity contribution in [3.8, 4) is 0 Å². The SMILES string of the molecule is CC(C)(C)CCC1(O)C=CC(F)(F)CC1. The molecule has 0 aromatic heterocycles. The summed E-state index contributed by atoms with van der Waals surface area (Å²) in [4.78, 5) is 0. The van der Waals surface area contributed by atoms with E-state index in [1.54, 1.807) is 0 Å². The second kappa shape index (κ2) is 3.85. The Balaban J connectivity index is 2.56. The summed E-state index contributed by atoms with van der Waals surface area (Å²) in [5, 5.41) is 10.0. The Morgan fingerprint density at radius 3 is 2.20 bits per heavy atom. The first-order chi connectivity index (χ1) is 6.62. The normalized spacial score (nSPS) is 30.5. The molecule has 1 aliphatic rings. The Morgan fingerprint density at radius 2 is 1.80 bits per heavy atom. The molecule has 0 aromatic carbocycles. The van der Waals surface area contributed by atoms with Gasteiger partial charge in [-0.25, -0.2) is 8.78 Å². The molecule has 1 rings (SSSR count). The van der Waals surface area contributed by atoms with E-state index in [4.69, 9.17) is 0 Å². The smallest absolute Gasteiger partial charge is 0.266 e. The maximum atomic E-state index is 12.8. The van der Waals surface area contributed by atoms with Crippen molar-refractivity contribution in [2.24, 2.45) is 5.41 Å². The van der Waals surface area contributed by atoms with Crippen LogP contribution in [0.2, 0.25) is 0 Å². The van der Waals surface area contributed by atoms with Gasteiger partial charge in [0.15, 0.2) is 0 Å². The van der Waals surface area contributed by atoms with Crippen LogP contribution < -0.4 is 0 Å². The highest BCUT2D eigenvalue weighted by Crippen LogP contribution is 2.37. The molecule has 3 heteroatoms. The van der Waals surface area contributed by atoms with E-state index in [0.29, 0.717) is 6.42 Å². The summed E-state index contributed by atoms with van der Waals surface area (Å²) in [5.74, 6) is -2.73. The summed E-state index contributed by atoms with van der Waals surface area (Å²) in [5.41, 5.74) is -0.890. The van der Waals surface area contributed by atoms with Crippen LogP contribution in [0.4, 0.5) is 8.78 Å². The summed E-state index contributed by atoms with van der Waals surface area (Å²) < 4.78 is 25.6. The molecule has 1 aliphatic carbocycles. The van der Waals surface area contributed by atoms with Crippen LogP contribution in [-0.2, 0) is 0 Å². The average Bonchev–Trinajstić information content (AvgIpc) is 2.07. The van der Waals surface area contributed by atoms with Crippen molar-refractivity contribution in [1.82, 2.24) is 0 Å². The molecule has 0 saturated heterocycles. The number of rotatable bonds is 2. The Morgan fingerprint density at radius 1 is 1.20 bits per heavy atom. The quantitative estimate of drug-likeness (QED) is 0.703. The zero-order chi connectivity index (χ0) is 11.7. The molecule has 1 unspecified atom stereocenters. The minimum Gasteiger partial charge on any atom is -0.386 e. The first-order valence-electron chi connectivity index (χ1n) is 5.43. The predicted octanol–water partition coefficient (Wildman–Crippen LogP) is 3.53. The Kier molecular flexibility index (Phi) is 3.24. The minimum atomic E-state index is -2.73. The minimum absolute atomic E-state index is 0.129. The van der Waals surface area contributed by atoms with Crippen LogP contribution in [0.1, 0.15) is 46.5 Å². The van der Waals surface area contributed by atoms with Crippen LogP contribution in [0.15, 0.2) is 12.2 Å². The number of alkyl halides is 2. The number of aliphatic hydroxyl groups is 1. The van der Waals surface area contributed by atoms with E-state index in [-0.39, 0.29) is 18.3 Å². The monoisotopic (exact) mass is 218 g/mol. The molecule has 0 spiro atoms. The molecule has 1 atom stereocenters. The standard InChI is InChI=1S/C12H20F2O/c1-10(2,3)4-5-11(15)6-8-12(13,14)9-7-11/h6,8,15H,4-5,7,9H2,1-3H3. The summed E-state index contributed by atoms with van der Waals surface area (Å²) in [6.07, 6.45) is 3.43. The fourth-order valence-corrected chi connectivity index (χ4v) is 1.63. The fourth-order valence-electron chi connectivity index (χ4n) is 1.63. The summed E-state index contributed by atoms with van der Waals surface area (Å²) in [7, 11) is 0. The first kappa shape index (κ1) is 12.6. The molecule has 0 aromatic rings. The van der Waals surface area contributed by atoms with Crippen molar-refractivity contribution in [2.45, 2.75) is 58.0 Å². The van der Waals surface area contributed by atoms with Gasteiger partial charge in [0.1, 0.15) is 0 Å². The van der Waals surface area contributed by atoms with Crippen LogP contribution in [0, 0.1) is 5.41 Å². The van der Waals surface area contributed by atoms with E-state index in [1.165, 1.54) is 6.08 Å². The lowest BCUT2D eigenvalue weighted by molar-refractivity contribution is -0.0185. The van der Waals surface area contributed by atoms with Crippen LogP contribution in [0.25, 0.3) is 0 Å². The molecule has 88 valence electrons. The van der Waals surface area contributed by atoms with Gasteiger partial charge in [0.25, 0.3) is 5.92 Å². The second-order valence-electron chi connectivity index (χ2n) is 5.76. The molecule has 0 aliphatic heterocycles. The zero-order valence-corrected chi connectivity index (χ0v) is 9.69. The van der Waals surface area contributed by atoms with Crippen molar-refractivity contribution in [3.63, 3.8) is 0 Å². The Labute approximate surface area is 90.2 Å². The molecule has 0 saturated carbocycles. The molecule has 0 bridgehead atoms. The average molecular weight is 218 g/mol.